The zero-order valence-corrected chi connectivity index (χ0v) is 8.69. The van der Waals surface area contributed by atoms with Gasteiger partial charge in [-0.15, -0.1) is 0 Å². The highest BCUT2D eigenvalue weighted by Gasteiger charge is 2.19. The molecule has 0 amide bonds. The molecule has 2 aromatic heterocycles. The lowest BCUT2D eigenvalue weighted by Crippen LogP contribution is -1.91. The average molecular weight is 201 g/mol. The maximum atomic E-state index is 5.74. The standard InChI is InChI=1S/C12H15N3/c13-10-5-6-12-14-11(8-15(12)7-10)9-3-1-2-4-9/h5-9H,1-4,13H2. The van der Waals surface area contributed by atoms with Crippen LogP contribution in [0.3, 0.4) is 0 Å². The summed E-state index contributed by atoms with van der Waals surface area (Å²) in [7, 11) is 0. The van der Waals surface area contributed by atoms with Crippen LogP contribution in [0.2, 0.25) is 0 Å². The first-order valence-corrected chi connectivity index (χ1v) is 5.57. The van der Waals surface area contributed by atoms with Gasteiger partial charge in [0.1, 0.15) is 5.65 Å². The van der Waals surface area contributed by atoms with Gasteiger partial charge in [-0.1, -0.05) is 12.8 Å². The molecule has 3 rings (SSSR count). The Hall–Kier alpha value is -1.51. The highest BCUT2D eigenvalue weighted by molar-refractivity contribution is 5.48. The molecule has 1 aliphatic carbocycles. The van der Waals surface area contributed by atoms with Crippen molar-refractivity contribution in [2.24, 2.45) is 0 Å². The zero-order valence-electron chi connectivity index (χ0n) is 8.69. The number of rotatable bonds is 1. The van der Waals surface area contributed by atoms with E-state index in [-0.39, 0.29) is 0 Å². The maximum absolute atomic E-state index is 5.74. The van der Waals surface area contributed by atoms with Gasteiger partial charge in [-0.05, 0) is 25.0 Å². The minimum Gasteiger partial charge on any atom is -0.398 e. The van der Waals surface area contributed by atoms with Gasteiger partial charge >= 0.3 is 0 Å². The molecule has 0 aliphatic heterocycles. The summed E-state index contributed by atoms with van der Waals surface area (Å²) in [6.07, 6.45) is 9.34. The summed E-state index contributed by atoms with van der Waals surface area (Å²) in [6, 6.07) is 3.88. The lowest BCUT2D eigenvalue weighted by Gasteiger charge is -2.02. The molecule has 2 aromatic rings. The predicted octanol–water partition coefficient (Wildman–Crippen LogP) is 2.57. The largest absolute Gasteiger partial charge is 0.398 e. The number of fused-ring (bicyclic) bond motifs is 1. The molecule has 0 radical (unpaired) electrons. The van der Waals surface area contributed by atoms with Crippen molar-refractivity contribution in [2.75, 3.05) is 5.73 Å². The van der Waals surface area contributed by atoms with Gasteiger partial charge in [-0.2, -0.15) is 0 Å². The normalized spacial score (nSPS) is 17.6. The van der Waals surface area contributed by atoms with E-state index < -0.39 is 0 Å². The lowest BCUT2D eigenvalue weighted by molar-refractivity contribution is 0.703. The molecule has 0 bridgehead atoms. The monoisotopic (exact) mass is 201 g/mol. The van der Waals surface area contributed by atoms with E-state index in [1.54, 1.807) is 0 Å². The number of hydrogen-bond acceptors (Lipinski definition) is 2. The van der Waals surface area contributed by atoms with Crippen LogP contribution in [-0.4, -0.2) is 9.38 Å². The Kier molecular flexibility index (Phi) is 1.91. The molecular formula is C12H15N3. The Morgan fingerprint density at radius 2 is 2.00 bits per heavy atom. The van der Waals surface area contributed by atoms with Crippen LogP contribution in [0.15, 0.2) is 24.5 Å². The Labute approximate surface area is 88.9 Å². The topological polar surface area (TPSA) is 43.3 Å². The molecule has 0 saturated heterocycles. The Bertz CT molecular complexity index is 481. The van der Waals surface area contributed by atoms with E-state index >= 15 is 0 Å². The quantitative estimate of drug-likeness (QED) is 0.770. The molecule has 0 spiro atoms. The average Bonchev–Trinajstić information content (AvgIpc) is 2.84. The first kappa shape index (κ1) is 8.77. The third-order valence-electron chi connectivity index (χ3n) is 3.27. The zero-order chi connectivity index (χ0) is 10.3. The Morgan fingerprint density at radius 3 is 2.80 bits per heavy atom. The van der Waals surface area contributed by atoms with Crippen molar-refractivity contribution in [1.82, 2.24) is 9.38 Å². The fourth-order valence-corrected chi connectivity index (χ4v) is 2.45. The van der Waals surface area contributed by atoms with Gasteiger partial charge in [0, 0.05) is 24.0 Å². The fourth-order valence-electron chi connectivity index (χ4n) is 2.45. The van der Waals surface area contributed by atoms with Crippen molar-refractivity contribution in [3.8, 4) is 0 Å². The van der Waals surface area contributed by atoms with Gasteiger partial charge in [0.25, 0.3) is 0 Å². The smallest absolute Gasteiger partial charge is 0.137 e. The van der Waals surface area contributed by atoms with E-state index in [0.29, 0.717) is 5.92 Å². The molecular weight excluding hydrogens is 186 g/mol. The second-order valence-corrected chi connectivity index (χ2v) is 4.38. The van der Waals surface area contributed by atoms with Crippen LogP contribution in [-0.2, 0) is 0 Å². The molecule has 1 aliphatic rings. The van der Waals surface area contributed by atoms with Crippen molar-refractivity contribution in [2.45, 2.75) is 31.6 Å². The predicted molar refractivity (Wildman–Crippen MR) is 60.8 cm³/mol. The van der Waals surface area contributed by atoms with Gasteiger partial charge in [-0.3, -0.25) is 0 Å². The Balaban J connectivity index is 2.05. The molecule has 3 heteroatoms. The van der Waals surface area contributed by atoms with Crippen LogP contribution >= 0.6 is 0 Å². The van der Waals surface area contributed by atoms with E-state index in [4.69, 9.17) is 5.73 Å². The van der Waals surface area contributed by atoms with E-state index in [1.807, 2.05) is 22.7 Å². The maximum Gasteiger partial charge on any atom is 0.137 e. The third kappa shape index (κ3) is 1.48. The Morgan fingerprint density at radius 1 is 1.20 bits per heavy atom. The molecule has 78 valence electrons. The van der Waals surface area contributed by atoms with Gasteiger partial charge in [0.15, 0.2) is 0 Å². The highest BCUT2D eigenvalue weighted by Crippen LogP contribution is 2.33. The second-order valence-electron chi connectivity index (χ2n) is 4.38. The first-order chi connectivity index (χ1) is 7.33. The first-order valence-electron chi connectivity index (χ1n) is 5.57. The molecule has 2 heterocycles. The van der Waals surface area contributed by atoms with Crippen molar-refractivity contribution >= 4 is 11.3 Å². The van der Waals surface area contributed by atoms with Crippen molar-refractivity contribution < 1.29 is 0 Å². The summed E-state index contributed by atoms with van der Waals surface area (Å²) in [4.78, 5) is 4.64. The van der Waals surface area contributed by atoms with Crippen molar-refractivity contribution in [1.29, 1.82) is 0 Å². The van der Waals surface area contributed by atoms with Crippen LogP contribution in [0.5, 0.6) is 0 Å². The van der Waals surface area contributed by atoms with Crippen LogP contribution in [0.4, 0.5) is 5.69 Å². The van der Waals surface area contributed by atoms with Crippen LogP contribution < -0.4 is 5.73 Å². The number of nitrogens with zero attached hydrogens (tertiary/aromatic N) is 2. The summed E-state index contributed by atoms with van der Waals surface area (Å²) in [5.41, 5.74) is 8.77. The van der Waals surface area contributed by atoms with Crippen LogP contribution in [0.1, 0.15) is 37.3 Å². The lowest BCUT2D eigenvalue weighted by atomic mass is 10.1. The SMILES string of the molecule is Nc1ccc2nc(C3CCCC3)cn2c1. The molecule has 0 atom stereocenters. The van der Waals surface area contributed by atoms with Gasteiger partial charge < -0.3 is 10.1 Å². The van der Waals surface area contributed by atoms with Crippen molar-refractivity contribution in [3.05, 3.63) is 30.2 Å². The van der Waals surface area contributed by atoms with Crippen LogP contribution in [0.25, 0.3) is 5.65 Å². The number of nitrogen functional groups attached to an aromatic ring is 1. The molecule has 3 nitrogen and oxygen atoms in total. The molecule has 2 N–H and O–H groups in total. The molecule has 15 heavy (non-hydrogen) atoms. The van der Waals surface area contributed by atoms with E-state index in [2.05, 4.69) is 11.2 Å². The highest BCUT2D eigenvalue weighted by atomic mass is 15.0. The fraction of sp³-hybridized carbons (Fsp3) is 0.417. The minimum absolute atomic E-state index is 0.672. The third-order valence-corrected chi connectivity index (χ3v) is 3.27. The molecule has 1 fully saturated rings. The summed E-state index contributed by atoms with van der Waals surface area (Å²) in [5, 5.41) is 0. The number of imidazole rings is 1. The van der Waals surface area contributed by atoms with Crippen molar-refractivity contribution in [3.63, 3.8) is 0 Å². The summed E-state index contributed by atoms with van der Waals surface area (Å²) < 4.78 is 2.03. The van der Waals surface area contributed by atoms with E-state index in [0.717, 1.165) is 11.3 Å². The molecule has 0 aromatic carbocycles. The van der Waals surface area contributed by atoms with Gasteiger partial charge in [0.2, 0.25) is 0 Å². The van der Waals surface area contributed by atoms with E-state index in [1.165, 1.54) is 31.4 Å². The van der Waals surface area contributed by atoms with Gasteiger partial charge in [-0.25, -0.2) is 4.98 Å². The van der Waals surface area contributed by atoms with E-state index in [9.17, 15) is 0 Å². The second kappa shape index (κ2) is 3.26. The van der Waals surface area contributed by atoms with Gasteiger partial charge in [0.05, 0.1) is 5.69 Å². The number of pyridine rings is 1. The molecule has 0 unspecified atom stereocenters. The number of nitrogens with two attached hydrogens (primary N) is 1. The molecule has 1 saturated carbocycles. The number of aromatic nitrogens is 2. The summed E-state index contributed by atoms with van der Waals surface area (Å²) in [5.74, 6) is 0.672. The minimum atomic E-state index is 0.672. The number of anilines is 1. The summed E-state index contributed by atoms with van der Waals surface area (Å²) in [6.45, 7) is 0. The number of hydrogen-bond donors (Lipinski definition) is 1. The summed E-state index contributed by atoms with van der Waals surface area (Å²) >= 11 is 0. The van der Waals surface area contributed by atoms with Crippen LogP contribution in [0, 0.1) is 0 Å².